The molecule has 0 radical (unpaired) electrons. The summed E-state index contributed by atoms with van der Waals surface area (Å²) in [6, 6.07) is 0.218. The van der Waals surface area contributed by atoms with Crippen LogP contribution >= 0.6 is 0 Å². The highest BCUT2D eigenvalue weighted by molar-refractivity contribution is 5.67. The molecule has 4 nitrogen and oxygen atoms in total. The van der Waals surface area contributed by atoms with Crippen LogP contribution in [0, 0.1) is 5.92 Å². The summed E-state index contributed by atoms with van der Waals surface area (Å²) in [5.74, 6) is 0.496. The van der Waals surface area contributed by atoms with Crippen molar-refractivity contribution in [2.45, 2.75) is 96.3 Å². The van der Waals surface area contributed by atoms with Gasteiger partial charge in [-0.1, -0.05) is 31.8 Å². The summed E-state index contributed by atoms with van der Waals surface area (Å²) in [6.07, 6.45) is 12.3. The molecule has 2 aliphatic rings. The summed E-state index contributed by atoms with van der Waals surface area (Å²) in [5.41, 5.74) is -0.474. The van der Waals surface area contributed by atoms with Crippen LogP contribution in [0.25, 0.3) is 0 Å². The molecule has 1 aliphatic carbocycles. The van der Waals surface area contributed by atoms with Crippen molar-refractivity contribution < 1.29 is 14.4 Å². The Labute approximate surface area is 141 Å². The average molecular weight is 323 g/mol. The maximum Gasteiger partial charge on any atom is 0.434 e. The zero-order valence-electron chi connectivity index (χ0n) is 15.1. The molecule has 0 spiro atoms. The quantitative estimate of drug-likeness (QED) is 0.475. The third-order valence-electron chi connectivity index (χ3n) is 4.78. The molecule has 0 aromatic rings. The minimum absolute atomic E-state index is 0.189. The Morgan fingerprint density at radius 3 is 2.70 bits per heavy atom. The molecular formula is C19H33NO3. The SMILES string of the molecule is C=CCCCCCC[C@@H]1ON(C(=O)OC(C)(C)C)[C@@H]2CCC[C@H]12. The van der Waals surface area contributed by atoms with Crippen molar-refractivity contribution in [3.63, 3.8) is 0 Å². The van der Waals surface area contributed by atoms with Gasteiger partial charge in [-0.25, -0.2) is 4.79 Å². The molecule has 3 atom stereocenters. The number of fused-ring (bicyclic) bond motifs is 1. The number of carbonyl (C=O) groups excluding carboxylic acids is 1. The first-order chi connectivity index (χ1) is 10.9. The molecule has 1 aliphatic heterocycles. The molecule has 1 saturated heterocycles. The number of rotatable bonds is 7. The number of ether oxygens (including phenoxy) is 1. The molecule has 0 bridgehead atoms. The van der Waals surface area contributed by atoms with E-state index in [1.165, 1.54) is 38.5 Å². The van der Waals surface area contributed by atoms with Crippen LogP contribution in [0.2, 0.25) is 0 Å². The smallest absolute Gasteiger partial charge is 0.434 e. The van der Waals surface area contributed by atoms with Crippen LogP contribution in [-0.4, -0.2) is 28.9 Å². The molecule has 4 heteroatoms. The lowest BCUT2D eigenvalue weighted by atomic mass is 9.94. The maximum absolute atomic E-state index is 12.4. The highest BCUT2D eigenvalue weighted by atomic mass is 16.7. The van der Waals surface area contributed by atoms with Gasteiger partial charge in [-0.05, 0) is 52.9 Å². The fourth-order valence-electron chi connectivity index (χ4n) is 3.74. The van der Waals surface area contributed by atoms with E-state index in [2.05, 4.69) is 6.58 Å². The van der Waals surface area contributed by atoms with E-state index in [4.69, 9.17) is 9.57 Å². The fourth-order valence-corrected chi connectivity index (χ4v) is 3.74. The van der Waals surface area contributed by atoms with Crippen molar-refractivity contribution in [3.05, 3.63) is 12.7 Å². The zero-order valence-corrected chi connectivity index (χ0v) is 15.1. The standard InChI is InChI=1S/C19H33NO3/c1-5-6-7-8-9-10-14-17-15-12-11-13-16(15)20(23-17)18(21)22-19(2,3)4/h5,15-17H,1,6-14H2,2-4H3/t15-,16+,17-/m0/s1. The van der Waals surface area contributed by atoms with Crippen LogP contribution in [0.1, 0.15) is 78.6 Å². The third-order valence-corrected chi connectivity index (χ3v) is 4.78. The number of nitrogens with zero attached hydrogens (tertiary/aromatic N) is 1. The molecule has 23 heavy (non-hydrogen) atoms. The molecular weight excluding hydrogens is 290 g/mol. The molecule has 0 unspecified atom stereocenters. The van der Waals surface area contributed by atoms with E-state index < -0.39 is 5.60 Å². The van der Waals surface area contributed by atoms with Gasteiger partial charge in [-0.15, -0.1) is 6.58 Å². The van der Waals surface area contributed by atoms with Crippen molar-refractivity contribution in [2.24, 2.45) is 5.92 Å². The monoisotopic (exact) mass is 323 g/mol. The second-order valence-corrected chi connectivity index (χ2v) is 7.89. The topological polar surface area (TPSA) is 38.8 Å². The van der Waals surface area contributed by atoms with E-state index in [1.54, 1.807) is 5.06 Å². The Balaban J connectivity index is 1.81. The Hall–Kier alpha value is -1.03. The second-order valence-electron chi connectivity index (χ2n) is 7.89. The number of carbonyl (C=O) groups is 1. The molecule has 2 rings (SSSR count). The molecule has 2 fully saturated rings. The van der Waals surface area contributed by atoms with Crippen molar-refractivity contribution in [3.8, 4) is 0 Å². The predicted octanol–water partition coefficient (Wildman–Crippen LogP) is 5.23. The van der Waals surface area contributed by atoms with Gasteiger partial charge < -0.3 is 4.74 Å². The second kappa shape index (κ2) is 8.18. The normalized spacial score (nSPS) is 27.1. The van der Waals surface area contributed by atoms with Crippen molar-refractivity contribution in [2.75, 3.05) is 0 Å². The third kappa shape index (κ3) is 5.23. The van der Waals surface area contributed by atoms with E-state index in [-0.39, 0.29) is 18.2 Å². The van der Waals surface area contributed by atoms with Crippen LogP contribution in [-0.2, 0) is 9.57 Å². The van der Waals surface area contributed by atoms with Crippen LogP contribution in [0.4, 0.5) is 4.79 Å². The number of unbranched alkanes of at least 4 members (excludes halogenated alkanes) is 4. The molecule has 0 aromatic carbocycles. The summed E-state index contributed by atoms with van der Waals surface area (Å²) in [7, 11) is 0. The molecule has 132 valence electrons. The first-order valence-electron chi connectivity index (χ1n) is 9.22. The van der Waals surface area contributed by atoms with Gasteiger partial charge in [0.25, 0.3) is 0 Å². The number of allylic oxidation sites excluding steroid dienone is 1. The van der Waals surface area contributed by atoms with Gasteiger partial charge in [-0.3, -0.25) is 4.84 Å². The average Bonchev–Trinajstić information content (AvgIpc) is 3.03. The number of hydroxylamine groups is 2. The van der Waals surface area contributed by atoms with Crippen LogP contribution in [0.5, 0.6) is 0 Å². The zero-order chi connectivity index (χ0) is 16.9. The Bertz CT molecular complexity index is 402. The van der Waals surface area contributed by atoms with Gasteiger partial charge in [0.15, 0.2) is 0 Å². The van der Waals surface area contributed by atoms with Crippen molar-refractivity contribution in [1.29, 1.82) is 0 Å². The summed E-state index contributed by atoms with van der Waals surface area (Å²) >= 11 is 0. The Kier molecular flexibility index (Phi) is 6.51. The maximum atomic E-state index is 12.4. The lowest BCUT2D eigenvalue weighted by Crippen LogP contribution is -2.39. The number of hydrogen-bond acceptors (Lipinski definition) is 3. The molecule has 1 amide bonds. The lowest BCUT2D eigenvalue weighted by Gasteiger charge is -2.26. The first kappa shape index (κ1) is 18.3. The molecule has 1 saturated carbocycles. The predicted molar refractivity (Wildman–Crippen MR) is 92.0 cm³/mol. The van der Waals surface area contributed by atoms with Gasteiger partial charge in [0.05, 0.1) is 12.1 Å². The number of amides is 1. The number of hydrogen-bond donors (Lipinski definition) is 0. The van der Waals surface area contributed by atoms with Gasteiger partial charge in [-0.2, -0.15) is 5.06 Å². The minimum atomic E-state index is -0.474. The van der Waals surface area contributed by atoms with E-state index in [0.29, 0.717) is 5.92 Å². The highest BCUT2D eigenvalue weighted by Crippen LogP contribution is 2.42. The van der Waals surface area contributed by atoms with Gasteiger partial charge >= 0.3 is 6.09 Å². The van der Waals surface area contributed by atoms with E-state index in [1.807, 2.05) is 26.8 Å². The van der Waals surface area contributed by atoms with Gasteiger partial charge in [0.2, 0.25) is 0 Å². The summed E-state index contributed by atoms with van der Waals surface area (Å²) in [6.45, 7) is 9.45. The lowest BCUT2D eigenvalue weighted by molar-refractivity contribution is -0.154. The van der Waals surface area contributed by atoms with Crippen molar-refractivity contribution in [1.82, 2.24) is 5.06 Å². The van der Waals surface area contributed by atoms with E-state index in [0.717, 1.165) is 19.3 Å². The van der Waals surface area contributed by atoms with Gasteiger partial charge in [0, 0.05) is 5.92 Å². The fraction of sp³-hybridized carbons (Fsp3) is 0.842. The Morgan fingerprint density at radius 1 is 1.26 bits per heavy atom. The molecule has 0 N–H and O–H groups in total. The van der Waals surface area contributed by atoms with Crippen molar-refractivity contribution >= 4 is 6.09 Å². The molecule has 0 aromatic heterocycles. The largest absolute Gasteiger partial charge is 0.442 e. The van der Waals surface area contributed by atoms with Crippen LogP contribution in [0.15, 0.2) is 12.7 Å². The Morgan fingerprint density at radius 2 is 2.00 bits per heavy atom. The summed E-state index contributed by atoms with van der Waals surface area (Å²) < 4.78 is 5.50. The summed E-state index contributed by atoms with van der Waals surface area (Å²) in [5, 5.41) is 1.55. The van der Waals surface area contributed by atoms with Gasteiger partial charge in [0.1, 0.15) is 5.60 Å². The van der Waals surface area contributed by atoms with Crippen LogP contribution < -0.4 is 0 Å². The highest BCUT2D eigenvalue weighted by Gasteiger charge is 2.48. The minimum Gasteiger partial charge on any atom is -0.442 e. The summed E-state index contributed by atoms with van der Waals surface area (Å²) in [4.78, 5) is 18.4. The first-order valence-corrected chi connectivity index (χ1v) is 9.22. The van der Waals surface area contributed by atoms with E-state index in [9.17, 15) is 4.79 Å². The van der Waals surface area contributed by atoms with Crippen LogP contribution in [0.3, 0.4) is 0 Å². The molecule has 1 heterocycles. The van der Waals surface area contributed by atoms with E-state index >= 15 is 0 Å².